The third-order valence-electron chi connectivity index (χ3n) is 6.53. The molecule has 0 aliphatic carbocycles. The van der Waals surface area contributed by atoms with Gasteiger partial charge in [-0.05, 0) is 69.2 Å². The van der Waals surface area contributed by atoms with Gasteiger partial charge in [0.2, 0.25) is 11.8 Å². The predicted molar refractivity (Wildman–Crippen MR) is 160 cm³/mol. The van der Waals surface area contributed by atoms with Crippen molar-refractivity contribution in [3.05, 3.63) is 83.9 Å². The molecule has 3 rings (SSSR count). The zero-order valence-corrected chi connectivity index (χ0v) is 25.1. The Bertz CT molecular complexity index is 1430. The highest BCUT2D eigenvalue weighted by molar-refractivity contribution is 7.92. The Labute approximate surface area is 243 Å². The molecule has 0 saturated heterocycles. The number of nitrogens with one attached hydrogen (secondary N) is 1. The number of sulfonamides is 1. The van der Waals surface area contributed by atoms with E-state index in [4.69, 9.17) is 9.47 Å². The molecule has 0 aliphatic heterocycles. The van der Waals surface area contributed by atoms with Crippen molar-refractivity contribution >= 4 is 27.5 Å². The van der Waals surface area contributed by atoms with Crippen LogP contribution in [0.1, 0.15) is 38.3 Å². The van der Waals surface area contributed by atoms with Gasteiger partial charge in [-0.15, -0.1) is 0 Å². The number of amides is 2. The average Bonchev–Trinajstić information content (AvgIpc) is 2.97. The Hall–Kier alpha value is -4.05. The Morgan fingerprint density at radius 1 is 0.976 bits per heavy atom. The Kier molecular flexibility index (Phi) is 11.2. The fraction of sp³-hybridized carbons (Fsp3) is 0.355. The molecule has 220 valence electrons. The van der Waals surface area contributed by atoms with Crippen LogP contribution >= 0.6 is 0 Å². The second kappa shape index (κ2) is 14.5. The van der Waals surface area contributed by atoms with Gasteiger partial charge in [-0.1, -0.05) is 48.9 Å². The summed E-state index contributed by atoms with van der Waals surface area (Å²) in [5.74, 6) is 0.0542. The summed E-state index contributed by atoms with van der Waals surface area (Å²) < 4.78 is 40.2. The van der Waals surface area contributed by atoms with Crippen molar-refractivity contribution in [3.63, 3.8) is 0 Å². The summed E-state index contributed by atoms with van der Waals surface area (Å²) in [5.41, 5.74) is 1.86. The van der Waals surface area contributed by atoms with E-state index in [2.05, 4.69) is 5.32 Å². The molecule has 0 bridgehead atoms. The maximum absolute atomic E-state index is 14.1. The molecule has 0 aliphatic rings. The number of ether oxygens (including phenoxy) is 2. The van der Waals surface area contributed by atoms with E-state index in [0.717, 1.165) is 21.9 Å². The molecule has 2 amide bonds. The van der Waals surface area contributed by atoms with Crippen LogP contribution in [-0.2, 0) is 26.2 Å². The molecule has 41 heavy (non-hydrogen) atoms. The van der Waals surface area contributed by atoms with Crippen molar-refractivity contribution in [1.29, 1.82) is 0 Å². The number of methoxy groups -OCH3 is 1. The SMILES string of the molecule is CCCNC(=O)[C@H](C)N(Cc1cccc(OC)c1)C(=O)CN(c1ccccc1OCC)S(=O)(=O)c1ccc(C)cc1. The first-order valence-electron chi connectivity index (χ1n) is 13.6. The maximum Gasteiger partial charge on any atom is 0.264 e. The highest BCUT2D eigenvalue weighted by Crippen LogP contribution is 2.33. The molecule has 0 radical (unpaired) electrons. The zero-order chi connectivity index (χ0) is 30.0. The van der Waals surface area contributed by atoms with E-state index in [1.54, 1.807) is 75.6 Å². The van der Waals surface area contributed by atoms with Crippen molar-refractivity contribution < 1.29 is 27.5 Å². The van der Waals surface area contributed by atoms with Crippen LogP contribution in [0.2, 0.25) is 0 Å². The molecule has 0 spiro atoms. The molecular weight excluding hydrogens is 542 g/mol. The van der Waals surface area contributed by atoms with Gasteiger partial charge in [-0.2, -0.15) is 0 Å². The van der Waals surface area contributed by atoms with E-state index in [1.165, 1.54) is 17.0 Å². The van der Waals surface area contributed by atoms with E-state index in [1.807, 2.05) is 19.9 Å². The fourth-order valence-corrected chi connectivity index (χ4v) is 5.66. The Morgan fingerprint density at radius 3 is 2.34 bits per heavy atom. The third kappa shape index (κ3) is 8.00. The summed E-state index contributed by atoms with van der Waals surface area (Å²) in [4.78, 5) is 28.5. The topological polar surface area (TPSA) is 105 Å². The lowest BCUT2D eigenvalue weighted by Gasteiger charge is -2.32. The summed E-state index contributed by atoms with van der Waals surface area (Å²) in [6.45, 7) is 7.53. The standard InChI is InChI=1S/C31H39N3O6S/c1-6-19-32-31(36)24(4)33(21-25-11-10-12-26(20-25)39-5)30(35)22-34(28-13-8-9-14-29(28)40-7-2)41(37,38)27-17-15-23(3)16-18-27/h8-18,20,24H,6-7,19,21-22H2,1-5H3,(H,32,36)/t24-/m0/s1. The van der Waals surface area contributed by atoms with Gasteiger partial charge < -0.3 is 19.7 Å². The number of hydrogen-bond acceptors (Lipinski definition) is 6. The van der Waals surface area contributed by atoms with Crippen LogP contribution in [0.4, 0.5) is 5.69 Å². The number of hydrogen-bond donors (Lipinski definition) is 1. The molecule has 0 fully saturated rings. The number of benzene rings is 3. The van der Waals surface area contributed by atoms with Crippen LogP contribution in [0.15, 0.2) is 77.7 Å². The van der Waals surface area contributed by atoms with Gasteiger partial charge >= 0.3 is 0 Å². The molecule has 1 atom stereocenters. The van der Waals surface area contributed by atoms with Crippen molar-refractivity contribution in [2.75, 3.05) is 31.1 Å². The van der Waals surface area contributed by atoms with Gasteiger partial charge in [0.25, 0.3) is 10.0 Å². The van der Waals surface area contributed by atoms with E-state index in [0.29, 0.717) is 24.7 Å². The lowest BCUT2D eigenvalue weighted by atomic mass is 10.1. The van der Waals surface area contributed by atoms with Crippen LogP contribution in [0, 0.1) is 6.92 Å². The zero-order valence-electron chi connectivity index (χ0n) is 24.3. The largest absolute Gasteiger partial charge is 0.497 e. The van der Waals surface area contributed by atoms with Gasteiger partial charge in [0.15, 0.2) is 0 Å². The van der Waals surface area contributed by atoms with E-state index in [-0.39, 0.29) is 23.0 Å². The van der Waals surface area contributed by atoms with Crippen LogP contribution in [0.3, 0.4) is 0 Å². The minimum Gasteiger partial charge on any atom is -0.497 e. The lowest BCUT2D eigenvalue weighted by molar-refractivity contribution is -0.139. The van der Waals surface area contributed by atoms with E-state index >= 15 is 0 Å². The second-order valence-electron chi connectivity index (χ2n) is 9.57. The number of nitrogens with zero attached hydrogens (tertiary/aromatic N) is 2. The monoisotopic (exact) mass is 581 g/mol. The molecule has 10 heteroatoms. The smallest absolute Gasteiger partial charge is 0.264 e. The summed E-state index contributed by atoms with van der Waals surface area (Å²) >= 11 is 0. The van der Waals surface area contributed by atoms with Gasteiger partial charge in [0.05, 0.1) is 24.3 Å². The Morgan fingerprint density at radius 2 is 1.68 bits per heavy atom. The summed E-state index contributed by atoms with van der Waals surface area (Å²) in [6, 6.07) is 19.5. The normalized spacial score (nSPS) is 11.8. The minimum absolute atomic E-state index is 0.0373. The highest BCUT2D eigenvalue weighted by atomic mass is 32.2. The number of anilines is 1. The number of para-hydroxylation sites is 2. The Balaban J connectivity index is 2.08. The average molecular weight is 582 g/mol. The minimum atomic E-state index is -4.20. The van der Waals surface area contributed by atoms with E-state index in [9.17, 15) is 18.0 Å². The molecule has 0 unspecified atom stereocenters. The lowest BCUT2D eigenvalue weighted by Crippen LogP contribution is -2.51. The second-order valence-corrected chi connectivity index (χ2v) is 11.4. The van der Waals surface area contributed by atoms with Gasteiger partial charge in [0.1, 0.15) is 24.1 Å². The third-order valence-corrected chi connectivity index (χ3v) is 8.30. The van der Waals surface area contributed by atoms with Gasteiger partial charge in [-0.3, -0.25) is 13.9 Å². The number of carbonyl (C=O) groups excluding carboxylic acids is 2. The van der Waals surface area contributed by atoms with Crippen LogP contribution in [0.25, 0.3) is 0 Å². The molecule has 0 heterocycles. The van der Waals surface area contributed by atoms with Crippen molar-refractivity contribution in [1.82, 2.24) is 10.2 Å². The number of carbonyl (C=O) groups is 2. The molecule has 1 N–H and O–H groups in total. The maximum atomic E-state index is 14.1. The van der Waals surface area contributed by atoms with Crippen LogP contribution in [0.5, 0.6) is 11.5 Å². The molecule has 0 saturated carbocycles. The highest BCUT2D eigenvalue weighted by Gasteiger charge is 2.33. The molecule has 9 nitrogen and oxygen atoms in total. The summed E-state index contributed by atoms with van der Waals surface area (Å²) in [7, 11) is -2.65. The molecular formula is C31H39N3O6S. The number of aryl methyl sites for hydroxylation is 1. The van der Waals surface area contributed by atoms with Gasteiger partial charge in [0, 0.05) is 13.1 Å². The first-order chi connectivity index (χ1) is 19.6. The van der Waals surface area contributed by atoms with E-state index < -0.39 is 28.5 Å². The fourth-order valence-electron chi connectivity index (χ4n) is 4.24. The van der Waals surface area contributed by atoms with Crippen LogP contribution in [-0.4, -0.2) is 58.0 Å². The molecule has 3 aromatic carbocycles. The summed E-state index contributed by atoms with van der Waals surface area (Å²) in [6.07, 6.45) is 0.735. The predicted octanol–water partition coefficient (Wildman–Crippen LogP) is 4.54. The summed E-state index contributed by atoms with van der Waals surface area (Å²) in [5, 5.41) is 2.84. The van der Waals surface area contributed by atoms with Crippen molar-refractivity contribution in [3.8, 4) is 11.5 Å². The van der Waals surface area contributed by atoms with Crippen molar-refractivity contribution in [2.45, 2.75) is 51.6 Å². The van der Waals surface area contributed by atoms with Gasteiger partial charge in [-0.25, -0.2) is 8.42 Å². The quantitative estimate of drug-likeness (QED) is 0.300. The van der Waals surface area contributed by atoms with Crippen molar-refractivity contribution in [2.24, 2.45) is 0 Å². The molecule has 3 aromatic rings. The first-order valence-corrected chi connectivity index (χ1v) is 15.1. The first kappa shape index (κ1) is 31.5. The van der Waals surface area contributed by atoms with Crippen LogP contribution < -0.4 is 19.1 Å². The number of rotatable bonds is 14. The molecule has 0 aromatic heterocycles.